The number of hydrogen-bond acceptors (Lipinski definition) is 2. The lowest BCUT2D eigenvalue weighted by Gasteiger charge is -2.17. The summed E-state index contributed by atoms with van der Waals surface area (Å²) in [6.45, 7) is 7.58. The molecule has 20 heavy (non-hydrogen) atoms. The Morgan fingerprint density at radius 3 is 2.35 bits per heavy atom. The van der Waals surface area contributed by atoms with Crippen molar-refractivity contribution in [1.29, 1.82) is 0 Å². The van der Waals surface area contributed by atoms with Crippen molar-refractivity contribution in [3.63, 3.8) is 0 Å². The summed E-state index contributed by atoms with van der Waals surface area (Å²) in [5, 5.41) is 5.46. The second kappa shape index (κ2) is 5.61. The Bertz CT molecular complexity index is 555. The maximum Gasteiger partial charge on any atom is 0.319 e. The Morgan fingerprint density at radius 1 is 1.20 bits per heavy atom. The molecule has 0 aromatic heterocycles. The van der Waals surface area contributed by atoms with Gasteiger partial charge in [-0.2, -0.15) is 0 Å². The minimum Gasteiger partial charge on any atom is -0.336 e. The molecule has 1 aliphatic heterocycles. The summed E-state index contributed by atoms with van der Waals surface area (Å²) in [5.74, 6) is -0.117. The molecule has 0 unspecified atom stereocenters. The predicted octanol–water partition coefficient (Wildman–Crippen LogP) is 2.63. The van der Waals surface area contributed by atoms with Crippen LogP contribution in [0.3, 0.4) is 0 Å². The lowest BCUT2D eigenvalue weighted by Crippen LogP contribution is -2.34. The Hall–Kier alpha value is -2.56. The van der Waals surface area contributed by atoms with E-state index in [4.69, 9.17) is 0 Å². The highest BCUT2D eigenvalue weighted by Crippen LogP contribution is 2.25. The first-order valence-electron chi connectivity index (χ1n) is 6.36. The van der Waals surface area contributed by atoms with E-state index in [0.29, 0.717) is 11.4 Å². The monoisotopic (exact) mass is 271 g/mol. The zero-order valence-corrected chi connectivity index (χ0v) is 11.5. The molecule has 0 bridgehead atoms. The van der Waals surface area contributed by atoms with E-state index in [1.165, 1.54) is 11.0 Å². The average molecular weight is 271 g/mol. The third kappa shape index (κ3) is 3.06. The largest absolute Gasteiger partial charge is 0.336 e. The highest BCUT2D eigenvalue weighted by molar-refractivity contribution is 6.08. The lowest BCUT2D eigenvalue weighted by molar-refractivity contribution is -0.113. The number of nitrogens with one attached hydrogen (secondary N) is 2. The number of hydrogen-bond donors (Lipinski definition) is 2. The summed E-state index contributed by atoms with van der Waals surface area (Å²) in [4.78, 5) is 24.7. The molecular formula is C15H17N3O2. The van der Waals surface area contributed by atoms with E-state index >= 15 is 0 Å². The van der Waals surface area contributed by atoms with Crippen molar-refractivity contribution < 1.29 is 9.59 Å². The van der Waals surface area contributed by atoms with Gasteiger partial charge in [-0.1, -0.05) is 6.58 Å². The Balaban J connectivity index is 2.05. The van der Waals surface area contributed by atoms with Crippen LogP contribution in [0.15, 0.2) is 48.7 Å². The molecule has 1 heterocycles. The lowest BCUT2D eigenvalue weighted by atomic mass is 10.2. The molecule has 0 saturated heterocycles. The van der Waals surface area contributed by atoms with Gasteiger partial charge >= 0.3 is 6.03 Å². The fourth-order valence-corrected chi connectivity index (χ4v) is 1.87. The van der Waals surface area contributed by atoms with Crippen LogP contribution < -0.4 is 15.5 Å². The van der Waals surface area contributed by atoms with Gasteiger partial charge in [0, 0.05) is 29.2 Å². The molecule has 5 nitrogen and oxygen atoms in total. The molecular weight excluding hydrogens is 254 g/mol. The maximum atomic E-state index is 11.7. The number of anilines is 2. The standard InChI is InChI=1S/C15H17N3O2/c1-10(2)16-15(20)17-12-5-7-13(8-6-12)18-11(3)4-9-14(18)19/h4-10H,3H2,1-2H3,(H2,16,17,20). The average Bonchev–Trinajstić information content (AvgIpc) is 2.69. The van der Waals surface area contributed by atoms with Gasteiger partial charge in [-0.3, -0.25) is 9.69 Å². The van der Waals surface area contributed by atoms with Crippen molar-refractivity contribution in [3.8, 4) is 0 Å². The van der Waals surface area contributed by atoms with Crippen LogP contribution in [-0.4, -0.2) is 18.0 Å². The molecule has 0 radical (unpaired) electrons. The molecule has 0 saturated carbocycles. The van der Waals surface area contributed by atoms with Gasteiger partial charge in [-0.25, -0.2) is 4.79 Å². The van der Waals surface area contributed by atoms with Crippen LogP contribution in [0, 0.1) is 0 Å². The summed E-state index contributed by atoms with van der Waals surface area (Å²) in [6, 6.07) is 6.84. The third-order valence-corrected chi connectivity index (χ3v) is 2.73. The fraction of sp³-hybridized carbons (Fsp3) is 0.200. The van der Waals surface area contributed by atoms with E-state index in [9.17, 15) is 9.59 Å². The van der Waals surface area contributed by atoms with Crippen molar-refractivity contribution >= 4 is 23.3 Å². The van der Waals surface area contributed by atoms with Gasteiger partial charge in [-0.05, 0) is 44.2 Å². The minimum atomic E-state index is -0.254. The summed E-state index contributed by atoms with van der Waals surface area (Å²) < 4.78 is 0. The van der Waals surface area contributed by atoms with Crippen molar-refractivity contribution in [2.75, 3.05) is 10.2 Å². The second-order valence-corrected chi connectivity index (χ2v) is 4.80. The molecule has 3 amide bonds. The number of nitrogens with zero attached hydrogens (tertiary/aromatic N) is 1. The zero-order chi connectivity index (χ0) is 14.7. The van der Waals surface area contributed by atoms with Crippen LogP contribution >= 0.6 is 0 Å². The second-order valence-electron chi connectivity index (χ2n) is 4.80. The topological polar surface area (TPSA) is 61.4 Å². The maximum absolute atomic E-state index is 11.7. The SMILES string of the molecule is C=C1C=CC(=O)N1c1ccc(NC(=O)NC(C)C)cc1. The van der Waals surface area contributed by atoms with Gasteiger partial charge in [-0.15, -0.1) is 0 Å². The summed E-state index contributed by atoms with van der Waals surface area (Å²) >= 11 is 0. The highest BCUT2D eigenvalue weighted by Gasteiger charge is 2.20. The molecule has 104 valence electrons. The molecule has 1 aromatic rings. The normalized spacial score (nSPS) is 14.1. The number of carbonyl (C=O) groups is 2. The quantitative estimate of drug-likeness (QED) is 0.887. The first-order valence-corrected chi connectivity index (χ1v) is 6.36. The fourth-order valence-electron chi connectivity index (χ4n) is 1.87. The van der Waals surface area contributed by atoms with Gasteiger partial charge in [0.15, 0.2) is 0 Å². The number of benzene rings is 1. The van der Waals surface area contributed by atoms with Gasteiger partial charge in [0.1, 0.15) is 0 Å². The van der Waals surface area contributed by atoms with Gasteiger partial charge in [0.25, 0.3) is 5.91 Å². The van der Waals surface area contributed by atoms with Gasteiger partial charge in [0.2, 0.25) is 0 Å². The molecule has 0 spiro atoms. The number of amides is 3. The zero-order valence-electron chi connectivity index (χ0n) is 11.5. The van der Waals surface area contributed by atoms with E-state index in [-0.39, 0.29) is 18.0 Å². The van der Waals surface area contributed by atoms with E-state index in [1.54, 1.807) is 30.3 Å². The van der Waals surface area contributed by atoms with E-state index in [1.807, 2.05) is 13.8 Å². The van der Waals surface area contributed by atoms with Crippen LogP contribution in [0.5, 0.6) is 0 Å². The molecule has 2 rings (SSSR count). The first kappa shape index (κ1) is 13.9. The molecule has 0 fully saturated rings. The van der Waals surface area contributed by atoms with Crippen LogP contribution in [-0.2, 0) is 4.79 Å². The Labute approximate surface area is 118 Å². The summed E-state index contributed by atoms with van der Waals surface area (Å²) in [5.41, 5.74) is 2.02. The molecule has 1 aromatic carbocycles. The highest BCUT2D eigenvalue weighted by atomic mass is 16.2. The van der Waals surface area contributed by atoms with E-state index < -0.39 is 0 Å². The first-order chi connectivity index (χ1) is 9.47. The number of allylic oxidation sites excluding steroid dienone is 1. The molecule has 1 aliphatic rings. The van der Waals surface area contributed by atoms with Crippen molar-refractivity contribution in [2.45, 2.75) is 19.9 Å². The third-order valence-electron chi connectivity index (χ3n) is 2.73. The van der Waals surface area contributed by atoms with Crippen LogP contribution in [0.2, 0.25) is 0 Å². The van der Waals surface area contributed by atoms with Crippen molar-refractivity contribution in [1.82, 2.24) is 5.32 Å². The van der Waals surface area contributed by atoms with Crippen LogP contribution in [0.4, 0.5) is 16.2 Å². The Kier molecular flexibility index (Phi) is 3.89. The Morgan fingerprint density at radius 2 is 1.85 bits per heavy atom. The molecule has 0 aliphatic carbocycles. The van der Waals surface area contributed by atoms with E-state index in [0.717, 1.165) is 5.69 Å². The van der Waals surface area contributed by atoms with Crippen molar-refractivity contribution in [3.05, 3.63) is 48.7 Å². The van der Waals surface area contributed by atoms with Crippen LogP contribution in [0.25, 0.3) is 0 Å². The molecule has 0 atom stereocenters. The minimum absolute atomic E-state index is 0.0749. The number of urea groups is 1. The number of carbonyl (C=O) groups excluding carboxylic acids is 2. The molecule has 5 heteroatoms. The summed E-state index contributed by atoms with van der Waals surface area (Å²) in [6.07, 6.45) is 3.15. The smallest absolute Gasteiger partial charge is 0.319 e. The molecule has 2 N–H and O–H groups in total. The summed E-state index contributed by atoms with van der Waals surface area (Å²) in [7, 11) is 0. The van der Waals surface area contributed by atoms with Gasteiger partial charge < -0.3 is 10.6 Å². The van der Waals surface area contributed by atoms with Crippen molar-refractivity contribution in [2.24, 2.45) is 0 Å². The van der Waals surface area contributed by atoms with Crippen LogP contribution in [0.1, 0.15) is 13.8 Å². The van der Waals surface area contributed by atoms with Gasteiger partial charge in [0.05, 0.1) is 0 Å². The van der Waals surface area contributed by atoms with E-state index in [2.05, 4.69) is 17.2 Å². The number of rotatable bonds is 3. The predicted molar refractivity (Wildman–Crippen MR) is 79.5 cm³/mol.